The maximum atomic E-state index is 9.86. The van der Waals surface area contributed by atoms with Crippen LogP contribution in [0.5, 0.6) is 0 Å². The Labute approximate surface area is 129 Å². The second-order valence-corrected chi connectivity index (χ2v) is 5.96. The Kier molecular flexibility index (Phi) is 6.22. The number of hydrogen-bond donors (Lipinski definition) is 1. The minimum atomic E-state index is -0.547. The Morgan fingerprint density at radius 1 is 1.19 bits per heavy atom. The molecule has 0 aromatic heterocycles. The zero-order valence-electron chi connectivity index (χ0n) is 13.1. The van der Waals surface area contributed by atoms with Gasteiger partial charge in [-0.2, -0.15) is 5.26 Å². The summed E-state index contributed by atoms with van der Waals surface area (Å²) in [6.07, 6.45) is 5.85. The molecule has 3 nitrogen and oxygen atoms in total. The van der Waals surface area contributed by atoms with Crippen molar-refractivity contribution >= 4 is 0 Å². The number of likely N-dealkylation sites (tertiary alicyclic amines) is 1. The van der Waals surface area contributed by atoms with Crippen molar-refractivity contribution in [3.63, 3.8) is 0 Å². The van der Waals surface area contributed by atoms with Gasteiger partial charge in [-0.1, -0.05) is 43.7 Å². The normalized spacial score (nSPS) is 18.9. The third kappa shape index (κ3) is 4.30. The maximum absolute atomic E-state index is 9.86. The van der Waals surface area contributed by atoms with Crippen LogP contribution in [0.3, 0.4) is 0 Å². The molecule has 1 N–H and O–H groups in total. The number of nitrogens with zero attached hydrogens (tertiary/aromatic N) is 2. The molecule has 1 atom stereocenters. The molecule has 1 heterocycles. The summed E-state index contributed by atoms with van der Waals surface area (Å²) in [6, 6.07) is 12.8. The van der Waals surface area contributed by atoms with E-state index in [-0.39, 0.29) is 0 Å². The monoisotopic (exact) mass is 285 g/mol. The molecule has 1 aliphatic rings. The van der Waals surface area contributed by atoms with Crippen molar-refractivity contribution in [2.45, 2.75) is 44.6 Å². The Balaban J connectivity index is 2.09. The van der Waals surface area contributed by atoms with Crippen LogP contribution in [-0.2, 0) is 5.54 Å². The molecule has 2 rings (SSSR count). The van der Waals surface area contributed by atoms with E-state index in [4.69, 9.17) is 0 Å². The van der Waals surface area contributed by atoms with Crippen LogP contribution >= 0.6 is 0 Å². The summed E-state index contributed by atoms with van der Waals surface area (Å²) >= 11 is 0. The van der Waals surface area contributed by atoms with Gasteiger partial charge in [0.25, 0.3) is 0 Å². The van der Waals surface area contributed by atoms with E-state index in [1.54, 1.807) is 0 Å². The summed E-state index contributed by atoms with van der Waals surface area (Å²) in [4.78, 5) is 2.51. The van der Waals surface area contributed by atoms with Gasteiger partial charge in [0.2, 0.25) is 0 Å². The summed E-state index contributed by atoms with van der Waals surface area (Å²) in [6.45, 7) is 6.39. The summed E-state index contributed by atoms with van der Waals surface area (Å²) in [5.41, 5.74) is 0.548. The first-order valence-electron chi connectivity index (χ1n) is 8.25. The Bertz CT molecular complexity index is 445. The molecular formula is C18H27N3. The standard InChI is InChI=1S/C18H27N3/c1-2-12-20-18(16-19,17-9-5-3-6-10-17)11-15-21-13-7-4-8-14-21/h3,5-6,9-10,20H,2,4,7-8,11-15H2,1H3. The maximum Gasteiger partial charge on any atom is 0.133 e. The fourth-order valence-electron chi connectivity index (χ4n) is 3.06. The molecule has 0 spiro atoms. The number of hydrogen-bond acceptors (Lipinski definition) is 3. The van der Waals surface area contributed by atoms with Crippen molar-refractivity contribution < 1.29 is 0 Å². The van der Waals surface area contributed by atoms with Gasteiger partial charge in [0.05, 0.1) is 6.07 Å². The molecular weight excluding hydrogens is 258 g/mol. The van der Waals surface area contributed by atoms with Gasteiger partial charge in [0, 0.05) is 6.54 Å². The van der Waals surface area contributed by atoms with Gasteiger partial charge in [-0.05, 0) is 50.9 Å². The minimum Gasteiger partial charge on any atom is -0.303 e. The topological polar surface area (TPSA) is 39.1 Å². The van der Waals surface area contributed by atoms with Crippen molar-refractivity contribution in [3.05, 3.63) is 35.9 Å². The second kappa shape index (κ2) is 8.17. The molecule has 1 aromatic carbocycles. The van der Waals surface area contributed by atoms with Gasteiger partial charge < -0.3 is 4.90 Å². The summed E-state index contributed by atoms with van der Waals surface area (Å²) < 4.78 is 0. The van der Waals surface area contributed by atoms with Gasteiger partial charge in [0.15, 0.2) is 0 Å². The lowest BCUT2D eigenvalue weighted by Crippen LogP contribution is -2.45. The molecule has 1 unspecified atom stereocenters. The molecule has 1 saturated heterocycles. The zero-order valence-corrected chi connectivity index (χ0v) is 13.1. The van der Waals surface area contributed by atoms with E-state index in [2.05, 4.69) is 35.3 Å². The van der Waals surface area contributed by atoms with Crippen LogP contribution in [0.2, 0.25) is 0 Å². The molecule has 0 saturated carbocycles. The van der Waals surface area contributed by atoms with Gasteiger partial charge in [-0.15, -0.1) is 0 Å². The molecule has 1 aliphatic heterocycles. The van der Waals surface area contributed by atoms with Crippen LogP contribution in [0.15, 0.2) is 30.3 Å². The highest BCUT2D eigenvalue weighted by Gasteiger charge is 2.31. The summed E-state index contributed by atoms with van der Waals surface area (Å²) in [7, 11) is 0. The SMILES string of the molecule is CCCNC(C#N)(CCN1CCCCC1)c1ccccc1. The average Bonchev–Trinajstić information content (AvgIpc) is 2.57. The van der Waals surface area contributed by atoms with Crippen molar-refractivity contribution in [2.24, 2.45) is 0 Å². The lowest BCUT2D eigenvalue weighted by Gasteiger charge is -2.33. The minimum absolute atomic E-state index is 0.547. The van der Waals surface area contributed by atoms with Gasteiger partial charge in [0.1, 0.15) is 5.54 Å². The molecule has 3 heteroatoms. The number of rotatable bonds is 7. The predicted octanol–water partition coefficient (Wildman–Crippen LogP) is 3.28. The highest BCUT2D eigenvalue weighted by molar-refractivity contribution is 5.31. The van der Waals surface area contributed by atoms with Crippen molar-refractivity contribution in [1.82, 2.24) is 10.2 Å². The third-order valence-electron chi connectivity index (χ3n) is 4.39. The van der Waals surface area contributed by atoms with Gasteiger partial charge >= 0.3 is 0 Å². The molecule has 1 fully saturated rings. The fraction of sp³-hybridized carbons (Fsp3) is 0.611. The van der Waals surface area contributed by atoms with E-state index >= 15 is 0 Å². The molecule has 21 heavy (non-hydrogen) atoms. The van der Waals surface area contributed by atoms with Crippen molar-refractivity contribution in [2.75, 3.05) is 26.2 Å². The van der Waals surface area contributed by atoms with E-state index in [0.717, 1.165) is 31.5 Å². The van der Waals surface area contributed by atoms with Crippen LogP contribution in [0.25, 0.3) is 0 Å². The second-order valence-electron chi connectivity index (χ2n) is 5.96. The van der Waals surface area contributed by atoms with Gasteiger partial charge in [-0.25, -0.2) is 0 Å². The van der Waals surface area contributed by atoms with E-state index in [9.17, 15) is 5.26 Å². The Hall–Kier alpha value is -1.37. The molecule has 0 aliphatic carbocycles. The quantitative estimate of drug-likeness (QED) is 0.835. The first-order valence-corrected chi connectivity index (χ1v) is 8.25. The smallest absolute Gasteiger partial charge is 0.133 e. The average molecular weight is 285 g/mol. The molecule has 114 valence electrons. The number of benzene rings is 1. The van der Waals surface area contributed by atoms with Crippen molar-refractivity contribution in [1.29, 1.82) is 5.26 Å². The number of nitrogens with one attached hydrogen (secondary N) is 1. The van der Waals surface area contributed by atoms with Crippen LogP contribution in [0.4, 0.5) is 0 Å². The number of nitriles is 1. The molecule has 0 radical (unpaired) electrons. The summed E-state index contributed by atoms with van der Waals surface area (Å²) in [5.74, 6) is 0. The Morgan fingerprint density at radius 2 is 1.90 bits per heavy atom. The Morgan fingerprint density at radius 3 is 2.52 bits per heavy atom. The summed E-state index contributed by atoms with van der Waals surface area (Å²) in [5, 5.41) is 13.4. The third-order valence-corrected chi connectivity index (χ3v) is 4.39. The fourth-order valence-corrected chi connectivity index (χ4v) is 3.06. The van der Waals surface area contributed by atoms with Gasteiger partial charge in [-0.3, -0.25) is 5.32 Å². The first-order chi connectivity index (χ1) is 10.3. The van der Waals surface area contributed by atoms with Crippen LogP contribution < -0.4 is 5.32 Å². The largest absolute Gasteiger partial charge is 0.303 e. The number of piperidine rings is 1. The van der Waals surface area contributed by atoms with Crippen LogP contribution in [0, 0.1) is 11.3 Å². The molecule has 1 aromatic rings. The van der Waals surface area contributed by atoms with E-state index in [1.165, 1.54) is 32.4 Å². The van der Waals surface area contributed by atoms with Crippen LogP contribution in [-0.4, -0.2) is 31.1 Å². The lowest BCUT2D eigenvalue weighted by molar-refractivity contribution is 0.205. The lowest BCUT2D eigenvalue weighted by atomic mass is 9.87. The van der Waals surface area contributed by atoms with Crippen LogP contribution in [0.1, 0.15) is 44.6 Å². The van der Waals surface area contributed by atoms with E-state index in [0.29, 0.717) is 0 Å². The molecule has 0 amide bonds. The highest BCUT2D eigenvalue weighted by Crippen LogP contribution is 2.25. The highest BCUT2D eigenvalue weighted by atomic mass is 15.1. The van der Waals surface area contributed by atoms with Crippen molar-refractivity contribution in [3.8, 4) is 6.07 Å². The first kappa shape index (κ1) is 16.0. The van der Waals surface area contributed by atoms with E-state index in [1.807, 2.05) is 18.2 Å². The predicted molar refractivity (Wildman–Crippen MR) is 86.9 cm³/mol. The zero-order chi connectivity index (χ0) is 15.0. The molecule has 0 bridgehead atoms. The van der Waals surface area contributed by atoms with E-state index < -0.39 is 5.54 Å².